The predicted molar refractivity (Wildman–Crippen MR) is 70.6 cm³/mol. The molecule has 0 saturated carbocycles. The molecule has 1 fully saturated rings. The van der Waals surface area contributed by atoms with Crippen LogP contribution in [-0.4, -0.2) is 42.2 Å². The monoisotopic (exact) mass is 302 g/mol. The Kier molecular flexibility index (Phi) is 4.13. The molecule has 1 saturated heterocycles. The number of nitrogens with one attached hydrogen (secondary N) is 1. The number of rotatable bonds is 3. The first-order chi connectivity index (χ1) is 9.78. The first kappa shape index (κ1) is 15.6. The number of para-hydroxylation sites is 1. The molecule has 0 radical (unpaired) electrons. The SMILES string of the molecule is CN(Cc1ccccc1O)C(=O)C1(C(F)(F)F)CCNC1. The number of nitrogens with zero attached hydrogens (tertiary/aromatic N) is 1. The van der Waals surface area contributed by atoms with E-state index in [1.54, 1.807) is 18.2 Å². The quantitative estimate of drug-likeness (QED) is 0.896. The Bertz CT molecular complexity index is 525. The van der Waals surface area contributed by atoms with Gasteiger partial charge in [-0.25, -0.2) is 0 Å². The predicted octanol–water partition coefficient (Wildman–Crippen LogP) is 1.89. The summed E-state index contributed by atoms with van der Waals surface area (Å²) in [6, 6.07) is 6.28. The maximum atomic E-state index is 13.3. The molecule has 1 amide bonds. The Morgan fingerprint density at radius 2 is 2.10 bits per heavy atom. The van der Waals surface area contributed by atoms with Crippen LogP contribution < -0.4 is 5.32 Å². The Balaban J connectivity index is 2.20. The van der Waals surface area contributed by atoms with Crippen LogP contribution in [0.25, 0.3) is 0 Å². The molecule has 7 heteroatoms. The largest absolute Gasteiger partial charge is 0.508 e. The van der Waals surface area contributed by atoms with Crippen molar-refractivity contribution in [1.29, 1.82) is 0 Å². The van der Waals surface area contributed by atoms with Crippen molar-refractivity contribution in [1.82, 2.24) is 10.2 Å². The molecule has 0 aliphatic carbocycles. The lowest BCUT2D eigenvalue weighted by molar-refractivity contribution is -0.221. The summed E-state index contributed by atoms with van der Waals surface area (Å²) in [5.41, 5.74) is -1.96. The minimum atomic E-state index is -4.60. The summed E-state index contributed by atoms with van der Waals surface area (Å²) < 4.78 is 39.9. The van der Waals surface area contributed by atoms with E-state index in [0.717, 1.165) is 4.90 Å². The number of halogens is 3. The first-order valence-corrected chi connectivity index (χ1v) is 6.58. The molecule has 1 unspecified atom stereocenters. The number of aromatic hydroxyl groups is 1. The Labute approximate surface area is 120 Å². The van der Waals surface area contributed by atoms with Crippen LogP contribution in [0.15, 0.2) is 24.3 Å². The second-order valence-electron chi connectivity index (χ2n) is 5.30. The van der Waals surface area contributed by atoms with Crippen molar-refractivity contribution in [3.63, 3.8) is 0 Å². The maximum absolute atomic E-state index is 13.3. The van der Waals surface area contributed by atoms with Crippen LogP contribution >= 0.6 is 0 Å². The molecular weight excluding hydrogens is 285 g/mol. The Morgan fingerprint density at radius 3 is 2.62 bits per heavy atom. The van der Waals surface area contributed by atoms with Crippen LogP contribution in [0, 0.1) is 5.41 Å². The van der Waals surface area contributed by atoms with E-state index in [9.17, 15) is 23.1 Å². The number of carbonyl (C=O) groups excluding carboxylic acids is 1. The van der Waals surface area contributed by atoms with Crippen LogP contribution in [0.5, 0.6) is 5.75 Å². The minimum absolute atomic E-state index is 0.0391. The van der Waals surface area contributed by atoms with Gasteiger partial charge in [0.1, 0.15) is 5.75 Å². The molecule has 0 aromatic heterocycles. The highest BCUT2D eigenvalue weighted by molar-refractivity contribution is 5.84. The zero-order chi connectivity index (χ0) is 15.7. The van der Waals surface area contributed by atoms with E-state index in [4.69, 9.17) is 0 Å². The van der Waals surface area contributed by atoms with E-state index < -0.39 is 24.0 Å². The number of carbonyl (C=O) groups is 1. The second kappa shape index (κ2) is 5.55. The van der Waals surface area contributed by atoms with Crippen LogP contribution in [-0.2, 0) is 11.3 Å². The summed E-state index contributed by atoms with van der Waals surface area (Å²) in [6.07, 6.45) is -4.86. The van der Waals surface area contributed by atoms with Gasteiger partial charge in [-0.15, -0.1) is 0 Å². The fourth-order valence-corrected chi connectivity index (χ4v) is 2.57. The fraction of sp³-hybridized carbons (Fsp3) is 0.500. The fourth-order valence-electron chi connectivity index (χ4n) is 2.57. The van der Waals surface area contributed by atoms with Gasteiger partial charge >= 0.3 is 6.18 Å². The van der Waals surface area contributed by atoms with Crippen molar-refractivity contribution in [3.8, 4) is 5.75 Å². The molecule has 1 aliphatic rings. The van der Waals surface area contributed by atoms with E-state index in [0.29, 0.717) is 5.56 Å². The Hall–Kier alpha value is -1.76. The van der Waals surface area contributed by atoms with Gasteiger partial charge in [0.15, 0.2) is 5.41 Å². The van der Waals surface area contributed by atoms with Crippen LogP contribution in [0.4, 0.5) is 13.2 Å². The molecule has 1 atom stereocenters. The maximum Gasteiger partial charge on any atom is 0.404 e. The van der Waals surface area contributed by atoms with Crippen molar-refractivity contribution in [2.45, 2.75) is 19.1 Å². The molecule has 0 spiro atoms. The number of phenolic OH excluding ortho intramolecular Hbond substituents is 1. The lowest BCUT2D eigenvalue weighted by Gasteiger charge is -2.33. The average Bonchev–Trinajstić information content (AvgIpc) is 2.90. The molecule has 2 N–H and O–H groups in total. The van der Waals surface area contributed by atoms with Crippen LogP contribution in [0.1, 0.15) is 12.0 Å². The average molecular weight is 302 g/mol. The van der Waals surface area contributed by atoms with Crippen LogP contribution in [0.2, 0.25) is 0 Å². The molecule has 1 aliphatic heterocycles. The normalized spacial score (nSPS) is 22.3. The van der Waals surface area contributed by atoms with E-state index in [-0.39, 0.29) is 25.3 Å². The molecule has 116 valence electrons. The number of amides is 1. The van der Waals surface area contributed by atoms with Crippen molar-refractivity contribution in [2.75, 3.05) is 20.1 Å². The molecule has 1 heterocycles. The standard InChI is InChI=1S/C14H17F3N2O2/c1-19(8-10-4-2-3-5-11(10)20)12(21)13(14(15,16)17)6-7-18-9-13/h2-5,18,20H,6-9H2,1H3. The van der Waals surface area contributed by atoms with E-state index in [1.807, 2.05) is 0 Å². The lowest BCUT2D eigenvalue weighted by atomic mass is 9.84. The topological polar surface area (TPSA) is 52.6 Å². The second-order valence-corrected chi connectivity index (χ2v) is 5.30. The third-order valence-electron chi connectivity index (χ3n) is 3.85. The van der Waals surface area contributed by atoms with Gasteiger partial charge in [-0.05, 0) is 19.0 Å². The van der Waals surface area contributed by atoms with Gasteiger partial charge < -0.3 is 15.3 Å². The summed E-state index contributed by atoms with van der Waals surface area (Å²) in [5.74, 6) is -1.01. The zero-order valence-corrected chi connectivity index (χ0v) is 11.6. The van der Waals surface area contributed by atoms with E-state index in [1.165, 1.54) is 13.1 Å². The molecule has 0 bridgehead atoms. The van der Waals surface area contributed by atoms with Crippen molar-refractivity contribution >= 4 is 5.91 Å². The third-order valence-corrected chi connectivity index (χ3v) is 3.85. The van der Waals surface area contributed by atoms with Gasteiger partial charge in [0.25, 0.3) is 0 Å². The van der Waals surface area contributed by atoms with Gasteiger partial charge in [-0.2, -0.15) is 13.2 Å². The highest BCUT2D eigenvalue weighted by Crippen LogP contribution is 2.44. The number of phenols is 1. The molecule has 21 heavy (non-hydrogen) atoms. The van der Waals surface area contributed by atoms with Crippen molar-refractivity contribution < 1.29 is 23.1 Å². The summed E-state index contributed by atoms with van der Waals surface area (Å²) in [4.78, 5) is 13.3. The number of hydrogen-bond acceptors (Lipinski definition) is 3. The molecular formula is C14H17F3N2O2. The zero-order valence-electron chi connectivity index (χ0n) is 11.6. The Morgan fingerprint density at radius 1 is 1.43 bits per heavy atom. The summed E-state index contributed by atoms with van der Waals surface area (Å²) in [7, 11) is 1.32. The van der Waals surface area contributed by atoms with Gasteiger partial charge in [-0.1, -0.05) is 18.2 Å². The highest BCUT2D eigenvalue weighted by atomic mass is 19.4. The smallest absolute Gasteiger partial charge is 0.404 e. The molecule has 4 nitrogen and oxygen atoms in total. The lowest BCUT2D eigenvalue weighted by Crippen LogP contribution is -2.52. The summed E-state index contributed by atoms with van der Waals surface area (Å²) in [6.45, 7) is -0.306. The van der Waals surface area contributed by atoms with Gasteiger partial charge in [-0.3, -0.25) is 4.79 Å². The van der Waals surface area contributed by atoms with Gasteiger partial charge in [0, 0.05) is 25.7 Å². The van der Waals surface area contributed by atoms with Gasteiger partial charge in [0.05, 0.1) is 0 Å². The summed E-state index contributed by atoms with van der Waals surface area (Å²) >= 11 is 0. The van der Waals surface area contributed by atoms with Gasteiger partial charge in [0.2, 0.25) is 5.91 Å². The number of alkyl halides is 3. The minimum Gasteiger partial charge on any atom is -0.508 e. The summed E-state index contributed by atoms with van der Waals surface area (Å²) in [5, 5.41) is 12.3. The van der Waals surface area contributed by atoms with Crippen molar-refractivity contribution in [3.05, 3.63) is 29.8 Å². The molecule has 2 rings (SSSR count). The van der Waals surface area contributed by atoms with Crippen LogP contribution in [0.3, 0.4) is 0 Å². The first-order valence-electron chi connectivity index (χ1n) is 6.58. The van der Waals surface area contributed by atoms with Crippen molar-refractivity contribution in [2.24, 2.45) is 5.41 Å². The number of benzene rings is 1. The molecule has 1 aromatic rings. The van der Waals surface area contributed by atoms with E-state index >= 15 is 0 Å². The number of hydrogen-bond donors (Lipinski definition) is 2. The highest BCUT2D eigenvalue weighted by Gasteiger charge is 2.62. The third kappa shape index (κ3) is 2.83. The van der Waals surface area contributed by atoms with E-state index in [2.05, 4.69) is 5.32 Å². The molecule has 1 aromatic carbocycles.